The van der Waals surface area contributed by atoms with Crippen LogP contribution in [0.2, 0.25) is 10.0 Å². The molecular weight excluding hydrogens is 521 g/mol. The fourth-order valence-corrected chi connectivity index (χ4v) is 5.66. The number of halogens is 2. The van der Waals surface area contributed by atoms with Crippen LogP contribution in [0.5, 0.6) is 5.75 Å². The standard InChI is InChI=1S/C27H27Cl2NO5S/c1-2-36(32,33)23-10-3-19(4-11-23)17-26(31)30-21-6-8-22(9-7-21)35-27(13-15-34-16-14-27)24-12-5-20(28)18-25(24)29/h3-12,18H,2,13-17H2,1H3,(H,30,31). The highest BCUT2D eigenvalue weighted by molar-refractivity contribution is 7.91. The fraction of sp³-hybridized carbons (Fsp3) is 0.296. The molecule has 0 atom stereocenters. The summed E-state index contributed by atoms with van der Waals surface area (Å²) in [4.78, 5) is 12.8. The number of anilines is 1. The molecule has 0 aromatic heterocycles. The van der Waals surface area contributed by atoms with Gasteiger partial charge in [-0.25, -0.2) is 8.42 Å². The van der Waals surface area contributed by atoms with Crippen molar-refractivity contribution in [3.63, 3.8) is 0 Å². The number of ether oxygens (including phenoxy) is 2. The average Bonchev–Trinajstić information content (AvgIpc) is 2.86. The molecule has 0 saturated carbocycles. The van der Waals surface area contributed by atoms with E-state index in [1.807, 2.05) is 6.07 Å². The number of carbonyl (C=O) groups excluding carboxylic acids is 1. The van der Waals surface area contributed by atoms with Crippen molar-refractivity contribution in [3.05, 3.63) is 87.9 Å². The molecule has 0 radical (unpaired) electrons. The number of carbonyl (C=O) groups is 1. The first-order chi connectivity index (χ1) is 17.2. The zero-order valence-corrected chi connectivity index (χ0v) is 22.1. The Morgan fingerprint density at radius 3 is 2.28 bits per heavy atom. The molecule has 3 aromatic rings. The first kappa shape index (κ1) is 26.5. The van der Waals surface area contributed by atoms with Gasteiger partial charge < -0.3 is 14.8 Å². The Morgan fingerprint density at radius 1 is 1.00 bits per heavy atom. The van der Waals surface area contributed by atoms with Gasteiger partial charge in [-0.15, -0.1) is 0 Å². The second-order valence-electron chi connectivity index (χ2n) is 8.63. The summed E-state index contributed by atoms with van der Waals surface area (Å²) in [6, 6.07) is 19.0. The third-order valence-electron chi connectivity index (χ3n) is 6.20. The van der Waals surface area contributed by atoms with Crippen LogP contribution in [0, 0.1) is 0 Å². The maximum absolute atomic E-state index is 12.5. The Bertz CT molecular complexity index is 1320. The Balaban J connectivity index is 1.42. The van der Waals surface area contributed by atoms with Gasteiger partial charge in [-0.05, 0) is 54.1 Å². The summed E-state index contributed by atoms with van der Waals surface area (Å²) < 4.78 is 35.9. The third kappa shape index (κ3) is 6.21. The number of nitrogens with one attached hydrogen (secondary N) is 1. The normalized spacial score (nSPS) is 15.3. The molecule has 1 heterocycles. The van der Waals surface area contributed by atoms with E-state index in [1.165, 1.54) is 12.1 Å². The van der Waals surface area contributed by atoms with Crippen molar-refractivity contribution in [2.24, 2.45) is 0 Å². The molecule has 9 heteroatoms. The average molecular weight is 548 g/mol. The Labute approximate surface area is 221 Å². The second kappa shape index (κ2) is 11.2. The molecule has 1 saturated heterocycles. The van der Waals surface area contributed by atoms with E-state index in [2.05, 4.69) is 5.32 Å². The van der Waals surface area contributed by atoms with Crippen LogP contribution in [0.15, 0.2) is 71.6 Å². The molecule has 0 bridgehead atoms. The van der Waals surface area contributed by atoms with Gasteiger partial charge in [-0.1, -0.05) is 48.3 Å². The SMILES string of the molecule is CCS(=O)(=O)c1ccc(CC(=O)Nc2ccc(OC3(c4ccc(Cl)cc4Cl)CCOCC3)cc2)cc1. The Hall–Kier alpha value is -2.58. The van der Waals surface area contributed by atoms with Gasteiger partial charge in [0.25, 0.3) is 0 Å². The molecule has 0 spiro atoms. The lowest BCUT2D eigenvalue weighted by Crippen LogP contribution is -2.39. The molecule has 0 unspecified atom stereocenters. The van der Waals surface area contributed by atoms with Crippen molar-refractivity contribution in [1.29, 1.82) is 0 Å². The second-order valence-corrected chi connectivity index (χ2v) is 11.8. The van der Waals surface area contributed by atoms with Gasteiger partial charge in [-0.3, -0.25) is 4.79 Å². The summed E-state index contributed by atoms with van der Waals surface area (Å²) in [7, 11) is -3.27. The topological polar surface area (TPSA) is 81.7 Å². The van der Waals surface area contributed by atoms with Gasteiger partial charge in [-0.2, -0.15) is 0 Å². The zero-order chi connectivity index (χ0) is 25.8. The molecule has 1 aliphatic heterocycles. The fourth-order valence-electron chi connectivity index (χ4n) is 4.19. The number of sulfone groups is 1. The summed E-state index contributed by atoms with van der Waals surface area (Å²) in [6.45, 7) is 2.71. The van der Waals surface area contributed by atoms with Crippen molar-refractivity contribution < 1.29 is 22.7 Å². The van der Waals surface area contributed by atoms with Crippen LogP contribution in [0.3, 0.4) is 0 Å². The summed E-state index contributed by atoms with van der Waals surface area (Å²) in [5, 5.41) is 3.98. The molecule has 36 heavy (non-hydrogen) atoms. The third-order valence-corrected chi connectivity index (χ3v) is 8.50. The highest BCUT2D eigenvalue weighted by Gasteiger charge is 2.38. The van der Waals surface area contributed by atoms with Gasteiger partial charge in [0.1, 0.15) is 11.4 Å². The quantitative estimate of drug-likeness (QED) is 0.371. The predicted octanol–water partition coefficient (Wildman–Crippen LogP) is 6.05. The Morgan fingerprint density at radius 2 is 1.67 bits per heavy atom. The highest BCUT2D eigenvalue weighted by Crippen LogP contribution is 2.41. The smallest absolute Gasteiger partial charge is 0.228 e. The minimum atomic E-state index is -3.27. The number of rotatable bonds is 8. The molecule has 190 valence electrons. The highest BCUT2D eigenvalue weighted by atomic mass is 35.5. The van der Waals surface area contributed by atoms with Crippen molar-refractivity contribution >= 4 is 44.6 Å². The lowest BCUT2D eigenvalue weighted by Gasteiger charge is -2.38. The van der Waals surface area contributed by atoms with E-state index in [9.17, 15) is 13.2 Å². The van der Waals surface area contributed by atoms with E-state index < -0.39 is 15.4 Å². The van der Waals surface area contributed by atoms with E-state index in [-0.39, 0.29) is 23.0 Å². The van der Waals surface area contributed by atoms with Crippen molar-refractivity contribution in [1.82, 2.24) is 0 Å². The molecule has 0 aliphatic carbocycles. The monoisotopic (exact) mass is 547 g/mol. The number of hydrogen-bond acceptors (Lipinski definition) is 5. The maximum Gasteiger partial charge on any atom is 0.228 e. The molecule has 1 N–H and O–H groups in total. The van der Waals surface area contributed by atoms with E-state index in [0.29, 0.717) is 47.5 Å². The van der Waals surface area contributed by atoms with Crippen molar-refractivity contribution in [2.75, 3.05) is 24.3 Å². The minimum Gasteiger partial charge on any atom is -0.482 e. The van der Waals surface area contributed by atoms with Crippen LogP contribution in [-0.2, 0) is 31.4 Å². The maximum atomic E-state index is 12.5. The van der Waals surface area contributed by atoms with Crippen LogP contribution in [0.1, 0.15) is 30.9 Å². The van der Waals surface area contributed by atoms with Gasteiger partial charge >= 0.3 is 0 Å². The Kier molecular flexibility index (Phi) is 8.25. The number of benzene rings is 3. The predicted molar refractivity (Wildman–Crippen MR) is 142 cm³/mol. The molecule has 1 fully saturated rings. The summed E-state index contributed by atoms with van der Waals surface area (Å²) in [5.74, 6) is 0.478. The largest absolute Gasteiger partial charge is 0.482 e. The van der Waals surface area contributed by atoms with Gasteiger partial charge in [0.2, 0.25) is 5.91 Å². The van der Waals surface area contributed by atoms with E-state index >= 15 is 0 Å². The molecule has 6 nitrogen and oxygen atoms in total. The van der Waals surface area contributed by atoms with Gasteiger partial charge in [0, 0.05) is 34.1 Å². The molecular formula is C27H27Cl2NO5S. The molecule has 3 aromatic carbocycles. The van der Waals surface area contributed by atoms with E-state index in [1.54, 1.807) is 55.5 Å². The first-order valence-corrected chi connectivity index (χ1v) is 14.1. The zero-order valence-electron chi connectivity index (χ0n) is 19.8. The summed E-state index contributed by atoms with van der Waals surface area (Å²) in [6.07, 6.45) is 1.42. The van der Waals surface area contributed by atoms with Crippen LogP contribution < -0.4 is 10.1 Å². The van der Waals surface area contributed by atoms with E-state index in [4.69, 9.17) is 32.7 Å². The number of hydrogen-bond donors (Lipinski definition) is 1. The van der Waals surface area contributed by atoms with Gasteiger partial charge in [0.05, 0.1) is 30.3 Å². The van der Waals surface area contributed by atoms with Crippen molar-refractivity contribution in [2.45, 2.75) is 36.7 Å². The van der Waals surface area contributed by atoms with Crippen LogP contribution >= 0.6 is 23.2 Å². The van der Waals surface area contributed by atoms with Gasteiger partial charge in [0.15, 0.2) is 9.84 Å². The lowest BCUT2D eigenvalue weighted by atomic mass is 9.86. The van der Waals surface area contributed by atoms with E-state index in [0.717, 1.165) is 11.1 Å². The minimum absolute atomic E-state index is 0.0359. The lowest BCUT2D eigenvalue weighted by molar-refractivity contribution is -0.115. The van der Waals surface area contributed by atoms with Crippen LogP contribution in [0.4, 0.5) is 5.69 Å². The van der Waals surface area contributed by atoms with Crippen LogP contribution in [0.25, 0.3) is 0 Å². The van der Waals surface area contributed by atoms with Crippen molar-refractivity contribution in [3.8, 4) is 5.75 Å². The first-order valence-electron chi connectivity index (χ1n) is 11.6. The summed E-state index contributed by atoms with van der Waals surface area (Å²) >= 11 is 12.6. The molecule has 1 amide bonds. The summed E-state index contributed by atoms with van der Waals surface area (Å²) in [5.41, 5.74) is 1.58. The van der Waals surface area contributed by atoms with Crippen LogP contribution in [-0.4, -0.2) is 33.3 Å². The molecule has 4 rings (SSSR count). The number of amides is 1. The molecule has 1 aliphatic rings.